The van der Waals surface area contributed by atoms with E-state index in [9.17, 15) is 9.18 Å². The Hall–Kier alpha value is -3.15. The summed E-state index contributed by atoms with van der Waals surface area (Å²) < 4.78 is 24.2. The molecule has 3 aromatic rings. The highest BCUT2D eigenvalue weighted by Gasteiger charge is 2.10. The van der Waals surface area contributed by atoms with E-state index in [0.717, 1.165) is 11.3 Å². The fourth-order valence-electron chi connectivity index (χ4n) is 2.45. The average Bonchev–Trinajstić information content (AvgIpc) is 3.10. The summed E-state index contributed by atoms with van der Waals surface area (Å²) in [7, 11) is 0. The van der Waals surface area contributed by atoms with E-state index < -0.39 is 5.82 Å². The number of rotatable bonds is 7. The van der Waals surface area contributed by atoms with E-state index in [4.69, 9.17) is 9.15 Å². The molecule has 3 rings (SSSR count). The highest BCUT2D eigenvalue weighted by atomic mass is 19.1. The molecule has 0 atom stereocenters. The molecule has 0 radical (unpaired) electrons. The number of ether oxygens (including phenoxy) is 1. The number of carbonyl (C=O) groups excluding carboxylic acids is 1. The number of aromatic nitrogens is 1. The Balaban J connectivity index is 1.55. The minimum Gasteiger partial charge on any atom is -0.494 e. The molecule has 26 heavy (non-hydrogen) atoms. The van der Waals surface area contributed by atoms with Gasteiger partial charge in [-0.15, -0.1) is 0 Å². The van der Waals surface area contributed by atoms with Crippen molar-refractivity contribution in [3.63, 3.8) is 0 Å². The number of nitrogens with one attached hydrogen (secondary N) is 1. The second-order valence-electron chi connectivity index (χ2n) is 5.63. The zero-order chi connectivity index (χ0) is 18.4. The number of benzene rings is 2. The summed E-state index contributed by atoms with van der Waals surface area (Å²) in [5.74, 6) is 1.29. The topological polar surface area (TPSA) is 64.4 Å². The van der Waals surface area contributed by atoms with Crippen LogP contribution in [0.3, 0.4) is 0 Å². The van der Waals surface area contributed by atoms with Gasteiger partial charge in [-0.2, -0.15) is 0 Å². The van der Waals surface area contributed by atoms with Gasteiger partial charge < -0.3 is 14.5 Å². The van der Waals surface area contributed by atoms with Crippen LogP contribution >= 0.6 is 0 Å². The second-order valence-corrected chi connectivity index (χ2v) is 5.63. The van der Waals surface area contributed by atoms with Crippen molar-refractivity contribution in [2.45, 2.75) is 19.8 Å². The molecule has 0 aliphatic heterocycles. The Morgan fingerprint density at radius 3 is 2.77 bits per heavy atom. The highest BCUT2D eigenvalue weighted by molar-refractivity contribution is 5.90. The predicted octanol–water partition coefficient (Wildman–Crippen LogP) is 4.45. The predicted molar refractivity (Wildman–Crippen MR) is 96.5 cm³/mol. The molecule has 134 valence electrons. The first kappa shape index (κ1) is 17.7. The van der Waals surface area contributed by atoms with Crippen LogP contribution in [-0.4, -0.2) is 17.5 Å². The Labute approximate surface area is 150 Å². The average molecular weight is 354 g/mol. The first-order valence-corrected chi connectivity index (χ1v) is 8.37. The van der Waals surface area contributed by atoms with Gasteiger partial charge in [-0.05, 0) is 49.4 Å². The van der Waals surface area contributed by atoms with Gasteiger partial charge in [0.2, 0.25) is 5.91 Å². The highest BCUT2D eigenvalue weighted by Crippen LogP contribution is 2.23. The van der Waals surface area contributed by atoms with E-state index in [-0.39, 0.29) is 12.3 Å². The lowest BCUT2D eigenvalue weighted by Crippen LogP contribution is -2.12. The van der Waals surface area contributed by atoms with Crippen LogP contribution < -0.4 is 10.1 Å². The maximum absolute atomic E-state index is 13.1. The number of hydrogen-bond donors (Lipinski definition) is 1. The summed E-state index contributed by atoms with van der Waals surface area (Å²) in [5, 5.41) is 2.65. The second kappa shape index (κ2) is 8.29. The van der Waals surface area contributed by atoms with Crippen LogP contribution in [0.2, 0.25) is 0 Å². The molecule has 0 fully saturated rings. The fourth-order valence-corrected chi connectivity index (χ4v) is 2.45. The van der Waals surface area contributed by atoms with Crippen LogP contribution in [0.5, 0.6) is 5.75 Å². The first-order valence-electron chi connectivity index (χ1n) is 8.37. The zero-order valence-electron chi connectivity index (χ0n) is 14.4. The number of halogens is 1. The Bertz CT molecular complexity index is 875. The molecule has 0 saturated carbocycles. The number of carbonyl (C=O) groups is 1. The van der Waals surface area contributed by atoms with Gasteiger partial charge in [0.25, 0.3) is 0 Å². The van der Waals surface area contributed by atoms with Crippen molar-refractivity contribution in [2.75, 3.05) is 11.9 Å². The molecule has 2 aromatic carbocycles. The third kappa shape index (κ3) is 4.69. The third-order valence-electron chi connectivity index (χ3n) is 3.68. The van der Waals surface area contributed by atoms with Gasteiger partial charge in [0.1, 0.15) is 11.6 Å². The van der Waals surface area contributed by atoms with E-state index in [1.807, 2.05) is 31.2 Å². The monoisotopic (exact) mass is 354 g/mol. The summed E-state index contributed by atoms with van der Waals surface area (Å²) in [6.45, 7) is 2.55. The molecule has 0 unspecified atom stereocenters. The molecule has 0 bridgehead atoms. The lowest BCUT2D eigenvalue weighted by molar-refractivity contribution is -0.116. The van der Waals surface area contributed by atoms with E-state index in [0.29, 0.717) is 30.4 Å². The van der Waals surface area contributed by atoms with Crippen molar-refractivity contribution in [3.05, 3.63) is 66.4 Å². The molecule has 0 saturated heterocycles. The van der Waals surface area contributed by atoms with Crippen LogP contribution in [0.15, 0.2) is 59.1 Å². The normalized spacial score (nSPS) is 10.5. The third-order valence-corrected chi connectivity index (χ3v) is 3.68. The summed E-state index contributed by atoms with van der Waals surface area (Å²) in [6, 6.07) is 13.3. The van der Waals surface area contributed by atoms with Gasteiger partial charge in [-0.1, -0.05) is 6.07 Å². The van der Waals surface area contributed by atoms with Gasteiger partial charge in [0.05, 0.1) is 12.8 Å². The quantitative estimate of drug-likeness (QED) is 0.681. The lowest BCUT2D eigenvalue weighted by atomic mass is 10.2. The maximum atomic E-state index is 13.1. The number of aryl methyl sites for hydroxylation is 1. The van der Waals surface area contributed by atoms with Crippen molar-refractivity contribution < 1.29 is 18.3 Å². The molecule has 0 aliphatic carbocycles. The van der Waals surface area contributed by atoms with Crippen molar-refractivity contribution in [1.29, 1.82) is 0 Å². The van der Waals surface area contributed by atoms with Gasteiger partial charge in [0.15, 0.2) is 11.7 Å². The molecule has 1 amide bonds. The molecular formula is C20H19FN2O3. The van der Waals surface area contributed by atoms with Crippen LogP contribution in [0, 0.1) is 5.82 Å². The van der Waals surface area contributed by atoms with Crippen molar-refractivity contribution in [2.24, 2.45) is 0 Å². The van der Waals surface area contributed by atoms with Crippen molar-refractivity contribution in [3.8, 4) is 17.1 Å². The number of amides is 1. The van der Waals surface area contributed by atoms with Gasteiger partial charge in [-0.25, -0.2) is 9.37 Å². The number of anilines is 1. The molecule has 0 aliphatic rings. The number of hydrogen-bond acceptors (Lipinski definition) is 4. The van der Waals surface area contributed by atoms with Gasteiger partial charge in [0, 0.05) is 24.1 Å². The Morgan fingerprint density at radius 2 is 2.04 bits per heavy atom. The van der Waals surface area contributed by atoms with E-state index in [1.54, 1.807) is 18.3 Å². The van der Waals surface area contributed by atoms with Crippen LogP contribution in [0.4, 0.5) is 10.1 Å². The van der Waals surface area contributed by atoms with Gasteiger partial charge >= 0.3 is 0 Å². The van der Waals surface area contributed by atoms with E-state index in [1.165, 1.54) is 12.1 Å². The van der Waals surface area contributed by atoms with Gasteiger partial charge in [-0.3, -0.25) is 4.79 Å². The molecule has 1 N–H and O–H groups in total. The molecule has 1 aromatic heterocycles. The Morgan fingerprint density at radius 1 is 1.23 bits per heavy atom. The molecule has 0 spiro atoms. The van der Waals surface area contributed by atoms with Crippen LogP contribution in [0.1, 0.15) is 19.2 Å². The smallest absolute Gasteiger partial charge is 0.224 e. The summed E-state index contributed by atoms with van der Waals surface area (Å²) in [4.78, 5) is 16.2. The first-order chi connectivity index (χ1) is 12.6. The minimum atomic E-state index is -0.393. The summed E-state index contributed by atoms with van der Waals surface area (Å²) in [5.41, 5.74) is 1.31. The fraction of sp³-hybridized carbons (Fsp3) is 0.200. The SMILES string of the molecule is CCOc1ccc(-c2cnc(CCC(=O)Nc3cccc(F)c3)o2)cc1. The minimum absolute atomic E-state index is 0.194. The molecule has 1 heterocycles. The largest absolute Gasteiger partial charge is 0.494 e. The Kier molecular flexibility index (Phi) is 5.63. The van der Waals surface area contributed by atoms with Crippen LogP contribution in [-0.2, 0) is 11.2 Å². The van der Waals surface area contributed by atoms with E-state index in [2.05, 4.69) is 10.3 Å². The molecular weight excluding hydrogens is 335 g/mol. The number of nitrogens with zero attached hydrogens (tertiary/aromatic N) is 1. The van der Waals surface area contributed by atoms with Crippen molar-refractivity contribution in [1.82, 2.24) is 4.98 Å². The summed E-state index contributed by atoms with van der Waals surface area (Å²) >= 11 is 0. The standard InChI is InChI=1S/C20H19FN2O3/c1-2-25-17-8-6-14(7-9-17)18-13-22-20(26-18)11-10-19(24)23-16-5-3-4-15(21)12-16/h3-9,12-13H,2,10-11H2,1H3,(H,23,24). The van der Waals surface area contributed by atoms with Crippen LogP contribution in [0.25, 0.3) is 11.3 Å². The molecule has 6 heteroatoms. The van der Waals surface area contributed by atoms with Crippen molar-refractivity contribution >= 4 is 11.6 Å². The lowest BCUT2D eigenvalue weighted by Gasteiger charge is -2.04. The molecule has 5 nitrogen and oxygen atoms in total. The maximum Gasteiger partial charge on any atom is 0.224 e. The van der Waals surface area contributed by atoms with E-state index >= 15 is 0 Å². The number of oxazole rings is 1. The zero-order valence-corrected chi connectivity index (χ0v) is 14.4. The summed E-state index contributed by atoms with van der Waals surface area (Å²) in [6.07, 6.45) is 2.19.